The molecule has 0 heterocycles. The van der Waals surface area contributed by atoms with Crippen molar-refractivity contribution in [1.29, 1.82) is 0 Å². The Morgan fingerprint density at radius 1 is 1.33 bits per heavy atom. The molecular formula is C14H17F3O. The van der Waals surface area contributed by atoms with Gasteiger partial charge in [0.15, 0.2) is 0 Å². The Kier molecular flexibility index (Phi) is 3.95. The molecule has 0 bridgehead atoms. The van der Waals surface area contributed by atoms with Crippen LogP contribution < -0.4 is 0 Å². The van der Waals surface area contributed by atoms with Gasteiger partial charge in [0.25, 0.3) is 0 Å². The van der Waals surface area contributed by atoms with Crippen LogP contribution in [0.15, 0.2) is 24.3 Å². The van der Waals surface area contributed by atoms with Crippen LogP contribution >= 0.6 is 0 Å². The highest BCUT2D eigenvalue weighted by Crippen LogP contribution is 2.43. The summed E-state index contributed by atoms with van der Waals surface area (Å²) in [7, 11) is 0. The van der Waals surface area contributed by atoms with Crippen molar-refractivity contribution in [2.75, 3.05) is 6.61 Å². The summed E-state index contributed by atoms with van der Waals surface area (Å²) in [5.41, 5.74) is 0.426. The Bertz CT molecular complexity index is 406. The van der Waals surface area contributed by atoms with Crippen LogP contribution in [-0.4, -0.2) is 17.6 Å². The summed E-state index contributed by atoms with van der Waals surface area (Å²) in [6, 6.07) is 6.23. The topological polar surface area (TPSA) is 20.2 Å². The van der Waals surface area contributed by atoms with E-state index in [2.05, 4.69) is 0 Å². The molecule has 1 fully saturated rings. The first-order chi connectivity index (χ1) is 8.52. The minimum Gasteiger partial charge on any atom is -0.396 e. The van der Waals surface area contributed by atoms with Gasteiger partial charge in [0.2, 0.25) is 5.92 Å². The number of hydrogen-bond acceptors (Lipinski definition) is 1. The van der Waals surface area contributed by atoms with E-state index in [0.717, 1.165) is 0 Å². The number of aliphatic hydroxyl groups is 1. The molecule has 1 aliphatic carbocycles. The van der Waals surface area contributed by atoms with Gasteiger partial charge in [-0.05, 0) is 30.4 Å². The average molecular weight is 258 g/mol. The molecule has 1 N–H and O–H groups in total. The monoisotopic (exact) mass is 258 g/mol. The Hall–Kier alpha value is -1.03. The summed E-state index contributed by atoms with van der Waals surface area (Å²) in [6.45, 7) is -0.205. The van der Waals surface area contributed by atoms with Gasteiger partial charge in [0, 0.05) is 18.8 Å². The molecule has 1 nitrogen and oxygen atoms in total. The van der Waals surface area contributed by atoms with Crippen LogP contribution in [0.5, 0.6) is 0 Å². The Labute approximate surface area is 105 Å². The van der Waals surface area contributed by atoms with Gasteiger partial charge in [-0.25, -0.2) is 13.2 Å². The third kappa shape index (κ3) is 3.05. The van der Waals surface area contributed by atoms with E-state index in [1.165, 1.54) is 6.07 Å². The third-order valence-electron chi connectivity index (χ3n) is 3.69. The highest BCUT2D eigenvalue weighted by atomic mass is 19.3. The van der Waals surface area contributed by atoms with Crippen molar-refractivity contribution < 1.29 is 18.3 Å². The quantitative estimate of drug-likeness (QED) is 0.872. The van der Waals surface area contributed by atoms with Crippen molar-refractivity contribution in [2.24, 2.45) is 5.92 Å². The highest BCUT2D eigenvalue weighted by Gasteiger charge is 2.40. The van der Waals surface area contributed by atoms with Crippen LogP contribution in [0.2, 0.25) is 0 Å². The van der Waals surface area contributed by atoms with Crippen LogP contribution in [-0.2, 0) is 0 Å². The van der Waals surface area contributed by atoms with Crippen LogP contribution in [0.3, 0.4) is 0 Å². The first-order valence-corrected chi connectivity index (χ1v) is 6.25. The molecule has 1 aromatic carbocycles. The zero-order valence-corrected chi connectivity index (χ0v) is 10.1. The van der Waals surface area contributed by atoms with Gasteiger partial charge in [-0.15, -0.1) is 0 Å². The van der Waals surface area contributed by atoms with E-state index in [1.54, 1.807) is 18.2 Å². The number of halogens is 3. The molecule has 100 valence electrons. The van der Waals surface area contributed by atoms with Crippen LogP contribution in [0, 0.1) is 11.7 Å². The number of aliphatic hydroxyl groups excluding tert-OH is 1. The molecule has 4 heteroatoms. The largest absolute Gasteiger partial charge is 0.396 e. The van der Waals surface area contributed by atoms with Gasteiger partial charge in [0.05, 0.1) is 6.61 Å². The van der Waals surface area contributed by atoms with Gasteiger partial charge in [-0.3, -0.25) is 0 Å². The molecule has 0 aliphatic heterocycles. The molecule has 0 spiro atoms. The lowest BCUT2D eigenvalue weighted by atomic mass is 9.88. The van der Waals surface area contributed by atoms with E-state index >= 15 is 0 Å². The van der Waals surface area contributed by atoms with Crippen molar-refractivity contribution in [1.82, 2.24) is 0 Å². The summed E-state index contributed by atoms with van der Waals surface area (Å²) in [4.78, 5) is 0. The van der Waals surface area contributed by atoms with E-state index in [-0.39, 0.29) is 37.1 Å². The van der Waals surface area contributed by atoms with Crippen molar-refractivity contribution in [2.45, 2.75) is 37.5 Å². The Balaban J connectivity index is 2.05. The molecule has 2 rings (SSSR count). The number of benzene rings is 1. The minimum absolute atomic E-state index is 0.0902. The maximum absolute atomic E-state index is 13.6. The fourth-order valence-electron chi connectivity index (χ4n) is 2.75. The average Bonchev–Trinajstić information content (AvgIpc) is 2.67. The molecule has 0 amide bonds. The first kappa shape index (κ1) is 13.4. The lowest BCUT2D eigenvalue weighted by Crippen LogP contribution is -2.14. The smallest absolute Gasteiger partial charge is 0.248 e. The summed E-state index contributed by atoms with van der Waals surface area (Å²) in [5.74, 6) is -3.47. The molecule has 1 aliphatic rings. The van der Waals surface area contributed by atoms with Crippen LogP contribution in [0.25, 0.3) is 0 Å². The number of alkyl halides is 2. The van der Waals surface area contributed by atoms with Crippen molar-refractivity contribution in [3.8, 4) is 0 Å². The van der Waals surface area contributed by atoms with Gasteiger partial charge < -0.3 is 5.11 Å². The third-order valence-corrected chi connectivity index (χ3v) is 3.69. The summed E-state index contributed by atoms with van der Waals surface area (Å²) in [5, 5.41) is 9.34. The van der Waals surface area contributed by atoms with Crippen LogP contribution in [0.4, 0.5) is 13.2 Å². The zero-order chi connectivity index (χ0) is 13.2. The van der Waals surface area contributed by atoms with Gasteiger partial charge >= 0.3 is 0 Å². The standard InChI is InChI=1S/C14H17F3O/c15-13-4-2-1-3-12(13)11(9-18)7-10-5-6-14(16,17)8-10/h1-4,10-11,18H,5-9H2. The second-order valence-electron chi connectivity index (χ2n) is 5.10. The summed E-state index contributed by atoms with van der Waals surface area (Å²) >= 11 is 0. The molecule has 0 radical (unpaired) electrons. The van der Waals surface area contributed by atoms with E-state index in [0.29, 0.717) is 18.4 Å². The van der Waals surface area contributed by atoms with E-state index < -0.39 is 5.92 Å². The van der Waals surface area contributed by atoms with Gasteiger partial charge in [-0.1, -0.05) is 18.2 Å². The van der Waals surface area contributed by atoms with Gasteiger partial charge in [-0.2, -0.15) is 0 Å². The van der Waals surface area contributed by atoms with Crippen molar-refractivity contribution in [3.63, 3.8) is 0 Å². The fourth-order valence-corrected chi connectivity index (χ4v) is 2.75. The molecule has 2 unspecified atom stereocenters. The summed E-state index contributed by atoms with van der Waals surface area (Å²) < 4.78 is 39.8. The van der Waals surface area contributed by atoms with E-state index in [4.69, 9.17) is 0 Å². The maximum Gasteiger partial charge on any atom is 0.248 e. The summed E-state index contributed by atoms with van der Waals surface area (Å²) in [6.07, 6.45) is 0.649. The molecule has 1 aromatic rings. The molecule has 0 aromatic heterocycles. The number of rotatable bonds is 4. The minimum atomic E-state index is -2.58. The SMILES string of the molecule is OCC(CC1CCC(F)(F)C1)c1ccccc1F. The highest BCUT2D eigenvalue weighted by molar-refractivity contribution is 5.22. The van der Waals surface area contributed by atoms with Crippen molar-refractivity contribution >= 4 is 0 Å². The maximum atomic E-state index is 13.6. The molecule has 1 saturated carbocycles. The van der Waals surface area contributed by atoms with Crippen molar-refractivity contribution in [3.05, 3.63) is 35.6 Å². The van der Waals surface area contributed by atoms with Crippen LogP contribution in [0.1, 0.15) is 37.2 Å². The molecular weight excluding hydrogens is 241 g/mol. The molecule has 2 atom stereocenters. The normalized spacial score (nSPS) is 24.1. The van der Waals surface area contributed by atoms with Gasteiger partial charge in [0.1, 0.15) is 5.82 Å². The van der Waals surface area contributed by atoms with E-state index in [9.17, 15) is 18.3 Å². The van der Waals surface area contributed by atoms with E-state index in [1.807, 2.05) is 0 Å². The molecule has 0 saturated heterocycles. The number of hydrogen-bond donors (Lipinski definition) is 1. The predicted octanol–water partition coefficient (Wildman–Crippen LogP) is 3.73. The Morgan fingerprint density at radius 2 is 2.06 bits per heavy atom. The zero-order valence-electron chi connectivity index (χ0n) is 10.1. The fraction of sp³-hybridized carbons (Fsp3) is 0.571. The lowest BCUT2D eigenvalue weighted by molar-refractivity contribution is 0.00415. The second kappa shape index (κ2) is 5.31. The lowest BCUT2D eigenvalue weighted by Gasteiger charge is -2.19. The first-order valence-electron chi connectivity index (χ1n) is 6.25. The Morgan fingerprint density at radius 3 is 2.61 bits per heavy atom. The predicted molar refractivity (Wildman–Crippen MR) is 63.1 cm³/mol. The second-order valence-corrected chi connectivity index (χ2v) is 5.10. The molecule has 18 heavy (non-hydrogen) atoms.